The first kappa shape index (κ1) is 18.6. The van der Waals surface area contributed by atoms with Crippen LogP contribution in [0.25, 0.3) is 16.9 Å². The highest BCUT2D eigenvalue weighted by Crippen LogP contribution is 2.26. The first-order chi connectivity index (χ1) is 13.9. The van der Waals surface area contributed by atoms with E-state index in [4.69, 9.17) is 5.73 Å². The van der Waals surface area contributed by atoms with Gasteiger partial charge in [-0.3, -0.25) is 14.9 Å². The second-order valence-electron chi connectivity index (χ2n) is 6.17. The molecular formula is C19H15FN6O2S. The second-order valence-corrected chi connectivity index (χ2v) is 7.02. The van der Waals surface area contributed by atoms with Crippen molar-refractivity contribution < 1.29 is 14.0 Å². The zero-order valence-electron chi connectivity index (χ0n) is 15.1. The van der Waals surface area contributed by atoms with Crippen molar-refractivity contribution in [2.75, 3.05) is 5.32 Å². The van der Waals surface area contributed by atoms with Crippen molar-refractivity contribution in [1.29, 1.82) is 0 Å². The molecule has 1 aromatic carbocycles. The zero-order valence-corrected chi connectivity index (χ0v) is 16.0. The standard InChI is InChI=1S/C19H15FN6O2S/c1-10-12(8-23-26(10)16-5-3-2-4-13(16)20)18(28)25-19-24-15(9-29-19)11-6-14(17(21)27)22-7-11/h2-9,22H,1H3,(H2,21,27)(H,24,25,28). The number of nitrogens with two attached hydrogens (primary N) is 1. The van der Waals surface area contributed by atoms with E-state index in [0.29, 0.717) is 27.6 Å². The number of rotatable bonds is 5. The number of hydrogen-bond donors (Lipinski definition) is 3. The summed E-state index contributed by atoms with van der Waals surface area (Å²) in [7, 11) is 0. The first-order valence-corrected chi connectivity index (χ1v) is 9.37. The van der Waals surface area contributed by atoms with Gasteiger partial charge in [0, 0.05) is 17.1 Å². The predicted octanol–water partition coefficient (Wildman–Crippen LogP) is 3.12. The highest BCUT2D eigenvalue weighted by molar-refractivity contribution is 7.14. The molecule has 0 unspecified atom stereocenters. The van der Waals surface area contributed by atoms with E-state index >= 15 is 0 Å². The molecule has 4 rings (SSSR count). The number of para-hydroxylation sites is 1. The molecule has 2 amide bonds. The van der Waals surface area contributed by atoms with Crippen LogP contribution < -0.4 is 11.1 Å². The number of H-pyrrole nitrogens is 1. The summed E-state index contributed by atoms with van der Waals surface area (Å²) in [6, 6.07) is 7.79. The Morgan fingerprint density at radius 2 is 2.10 bits per heavy atom. The average Bonchev–Trinajstić information content (AvgIpc) is 3.41. The lowest BCUT2D eigenvalue weighted by atomic mass is 10.2. The molecular weight excluding hydrogens is 395 g/mol. The van der Waals surface area contributed by atoms with Gasteiger partial charge >= 0.3 is 0 Å². The molecule has 3 heterocycles. The molecule has 0 bridgehead atoms. The fraction of sp³-hybridized carbons (Fsp3) is 0.0526. The van der Waals surface area contributed by atoms with Crippen LogP contribution in [-0.4, -0.2) is 31.6 Å². The molecule has 0 aliphatic heterocycles. The number of carbonyl (C=O) groups is 2. The number of halogens is 1. The maximum atomic E-state index is 14.0. The van der Waals surface area contributed by atoms with Crippen molar-refractivity contribution >= 4 is 28.3 Å². The van der Waals surface area contributed by atoms with E-state index in [1.807, 2.05) is 0 Å². The van der Waals surface area contributed by atoms with Crippen molar-refractivity contribution in [1.82, 2.24) is 19.7 Å². The summed E-state index contributed by atoms with van der Waals surface area (Å²) >= 11 is 1.24. The molecule has 29 heavy (non-hydrogen) atoms. The third-order valence-electron chi connectivity index (χ3n) is 4.30. The van der Waals surface area contributed by atoms with Crippen molar-refractivity contribution in [3.8, 4) is 16.9 Å². The SMILES string of the molecule is Cc1c(C(=O)Nc2nc(-c3c[nH]c(C(N)=O)c3)cs2)cnn1-c1ccccc1F. The molecule has 0 aliphatic carbocycles. The van der Waals surface area contributed by atoms with Gasteiger partial charge in [0.25, 0.3) is 11.8 Å². The number of nitrogens with one attached hydrogen (secondary N) is 2. The molecule has 0 spiro atoms. The number of primary amides is 1. The van der Waals surface area contributed by atoms with Crippen LogP contribution in [0.4, 0.5) is 9.52 Å². The molecule has 4 aromatic rings. The lowest BCUT2D eigenvalue weighted by Gasteiger charge is -2.06. The third kappa shape index (κ3) is 3.52. The number of nitrogens with zero attached hydrogens (tertiary/aromatic N) is 3. The zero-order chi connectivity index (χ0) is 20.5. The van der Waals surface area contributed by atoms with Crippen LogP contribution in [0.3, 0.4) is 0 Å². The van der Waals surface area contributed by atoms with Crippen LogP contribution in [0.5, 0.6) is 0 Å². The van der Waals surface area contributed by atoms with E-state index in [-0.39, 0.29) is 11.4 Å². The molecule has 0 fully saturated rings. The Balaban J connectivity index is 1.54. The van der Waals surface area contributed by atoms with Crippen molar-refractivity contribution in [2.45, 2.75) is 6.92 Å². The molecule has 0 saturated heterocycles. The predicted molar refractivity (Wildman–Crippen MR) is 107 cm³/mol. The minimum Gasteiger partial charge on any atom is -0.364 e. The van der Waals surface area contributed by atoms with Crippen LogP contribution in [0.1, 0.15) is 26.5 Å². The van der Waals surface area contributed by atoms with Crippen molar-refractivity contribution in [2.24, 2.45) is 5.73 Å². The minimum absolute atomic E-state index is 0.262. The van der Waals surface area contributed by atoms with Gasteiger partial charge in [-0.1, -0.05) is 12.1 Å². The Morgan fingerprint density at radius 1 is 1.31 bits per heavy atom. The average molecular weight is 410 g/mol. The molecule has 0 atom stereocenters. The first-order valence-electron chi connectivity index (χ1n) is 8.49. The van der Waals surface area contributed by atoms with Gasteiger partial charge in [0.2, 0.25) is 0 Å². The molecule has 3 aromatic heterocycles. The maximum Gasteiger partial charge on any atom is 0.265 e. The third-order valence-corrected chi connectivity index (χ3v) is 5.06. The topological polar surface area (TPSA) is 119 Å². The molecule has 10 heteroatoms. The summed E-state index contributed by atoms with van der Waals surface area (Å²) in [5.41, 5.74) is 7.85. The Labute approximate surface area is 168 Å². The Kier molecular flexibility index (Phi) is 4.69. The second kappa shape index (κ2) is 7.32. The minimum atomic E-state index is -0.567. The number of aromatic nitrogens is 4. The lowest BCUT2D eigenvalue weighted by molar-refractivity contribution is 0.0993. The largest absolute Gasteiger partial charge is 0.364 e. The van der Waals surface area contributed by atoms with Crippen LogP contribution >= 0.6 is 11.3 Å². The van der Waals surface area contributed by atoms with Gasteiger partial charge in [-0.15, -0.1) is 11.3 Å². The lowest BCUT2D eigenvalue weighted by Crippen LogP contribution is -2.13. The summed E-state index contributed by atoms with van der Waals surface area (Å²) in [6.07, 6.45) is 3.00. The Morgan fingerprint density at radius 3 is 2.83 bits per heavy atom. The van der Waals surface area contributed by atoms with Crippen LogP contribution in [0, 0.1) is 12.7 Å². The maximum absolute atomic E-state index is 14.0. The number of benzene rings is 1. The summed E-state index contributed by atoms with van der Waals surface area (Å²) in [4.78, 5) is 31.0. The summed E-state index contributed by atoms with van der Waals surface area (Å²) in [6.45, 7) is 1.69. The summed E-state index contributed by atoms with van der Waals surface area (Å²) in [5, 5.41) is 8.98. The van der Waals surface area contributed by atoms with Gasteiger partial charge < -0.3 is 10.7 Å². The number of anilines is 1. The molecule has 0 radical (unpaired) electrons. The van der Waals surface area contributed by atoms with Gasteiger partial charge in [0.1, 0.15) is 17.2 Å². The number of hydrogen-bond acceptors (Lipinski definition) is 5. The highest BCUT2D eigenvalue weighted by atomic mass is 32.1. The van der Waals surface area contributed by atoms with Crippen LogP contribution in [0.15, 0.2) is 48.1 Å². The molecule has 0 aliphatic rings. The van der Waals surface area contributed by atoms with Gasteiger partial charge in [-0.25, -0.2) is 14.1 Å². The summed E-state index contributed by atoms with van der Waals surface area (Å²) in [5.74, 6) is -1.41. The van der Waals surface area contributed by atoms with Gasteiger partial charge in [-0.05, 0) is 25.1 Å². The molecule has 8 nitrogen and oxygen atoms in total. The van der Waals surface area contributed by atoms with Crippen molar-refractivity contribution in [3.63, 3.8) is 0 Å². The fourth-order valence-corrected chi connectivity index (χ4v) is 3.53. The summed E-state index contributed by atoms with van der Waals surface area (Å²) < 4.78 is 15.4. The van der Waals surface area contributed by atoms with Gasteiger partial charge in [-0.2, -0.15) is 5.10 Å². The number of amides is 2. The highest BCUT2D eigenvalue weighted by Gasteiger charge is 2.18. The number of thiazole rings is 1. The van der Waals surface area contributed by atoms with Gasteiger partial charge in [0.05, 0.1) is 23.1 Å². The number of carbonyl (C=O) groups excluding carboxylic acids is 2. The Hall–Kier alpha value is -3.79. The van der Waals surface area contributed by atoms with E-state index in [9.17, 15) is 14.0 Å². The van der Waals surface area contributed by atoms with E-state index in [1.54, 1.807) is 42.8 Å². The van der Waals surface area contributed by atoms with E-state index in [2.05, 4.69) is 20.4 Å². The van der Waals surface area contributed by atoms with Crippen LogP contribution in [0.2, 0.25) is 0 Å². The quantitative estimate of drug-likeness (QED) is 0.468. The van der Waals surface area contributed by atoms with E-state index in [1.165, 1.54) is 28.3 Å². The van der Waals surface area contributed by atoms with E-state index in [0.717, 1.165) is 0 Å². The van der Waals surface area contributed by atoms with Crippen LogP contribution in [-0.2, 0) is 0 Å². The van der Waals surface area contributed by atoms with Gasteiger partial charge in [0.15, 0.2) is 5.13 Å². The Bertz CT molecular complexity index is 1230. The molecule has 4 N–H and O–H groups in total. The number of aromatic amines is 1. The molecule has 146 valence electrons. The van der Waals surface area contributed by atoms with E-state index < -0.39 is 17.6 Å². The van der Waals surface area contributed by atoms with Crippen molar-refractivity contribution in [3.05, 3.63) is 70.9 Å². The monoisotopic (exact) mass is 410 g/mol. The smallest absolute Gasteiger partial charge is 0.265 e. The molecule has 0 saturated carbocycles. The normalized spacial score (nSPS) is 10.8. The fourth-order valence-electron chi connectivity index (χ4n) is 2.81.